The van der Waals surface area contributed by atoms with Gasteiger partial charge in [0.25, 0.3) is 17.4 Å². The zero-order chi connectivity index (χ0) is 94.9. The fraction of sp³-hybridized carbons (Fsp3) is 0.455. The van der Waals surface area contributed by atoms with Crippen molar-refractivity contribution in [3.05, 3.63) is 171 Å². The second-order valence-electron chi connectivity index (χ2n) is 33.0. The number of benzene rings is 4. The van der Waals surface area contributed by atoms with Crippen molar-refractivity contribution in [2.45, 2.75) is 179 Å². The van der Waals surface area contributed by atoms with Gasteiger partial charge >= 0.3 is 47.9 Å². The highest BCUT2D eigenvalue weighted by atomic mass is 33.1. The summed E-state index contributed by atoms with van der Waals surface area (Å²) in [5.41, 5.74) is 4.76. The van der Waals surface area contributed by atoms with E-state index < -0.39 is 265 Å². The number of guanidine groups is 1. The molecule has 42 heteroatoms. The van der Waals surface area contributed by atoms with Crippen LogP contribution in [-0.2, 0) is 87.7 Å². The molecule has 40 nitrogen and oxygen atoms in total. The van der Waals surface area contributed by atoms with Crippen LogP contribution in [0.1, 0.15) is 161 Å². The number of fused-ring (bicyclic) bond motifs is 6. The number of nitrogens with two attached hydrogens (primary N) is 2. The Balaban J connectivity index is 0.778. The third-order valence-electron chi connectivity index (χ3n) is 24.0. The van der Waals surface area contributed by atoms with Crippen molar-refractivity contribution >= 4 is 139 Å². The topological polar surface area (TPSA) is 632 Å². The van der Waals surface area contributed by atoms with Crippen LogP contribution in [0.2, 0.25) is 0 Å². The number of carboxylic acids is 4. The molecule has 4 aromatic carbocycles. The zero-order valence-corrected chi connectivity index (χ0v) is 73.5. The first-order chi connectivity index (χ1) is 61.6. The molecule has 3 aliphatic carbocycles. The van der Waals surface area contributed by atoms with E-state index in [4.69, 9.17) is 45.3 Å². The molecular formula is C88H103N13O27S2. The number of carbonyl (C=O) groups is 15. The number of aliphatic carboxylic acids is 4. The van der Waals surface area contributed by atoms with Crippen molar-refractivity contribution in [3.8, 4) is 0 Å². The van der Waals surface area contributed by atoms with Gasteiger partial charge < -0.3 is 97.3 Å². The van der Waals surface area contributed by atoms with Crippen LogP contribution in [0.3, 0.4) is 0 Å². The third kappa shape index (κ3) is 23.6. The minimum Gasteiger partial charge on any atom is -0.481 e. The summed E-state index contributed by atoms with van der Waals surface area (Å²) >= 11 is 0. The molecule has 3 fully saturated rings. The molecule has 10 rings (SSSR count). The lowest BCUT2D eigenvalue weighted by Gasteiger charge is -2.67. The number of carboxylic acid groups (broad SMARTS) is 4. The molecule has 1 saturated heterocycles. The maximum Gasteiger partial charge on any atom is 0.508 e. The number of nitrogens with zero attached hydrogens (tertiary/aromatic N) is 3. The van der Waals surface area contributed by atoms with Gasteiger partial charge in [0.05, 0.1) is 84.6 Å². The van der Waals surface area contributed by atoms with Crippen molar-refractivity contribution in [2.75, 3.05) is 42.3 Å². The summed E-state index contributed by atoms with van der Waals surface area (Å²) < 4.78 is 37.4. The molecule has 16 atom stereocenters. The van der Waals surface area contributed by atoms with Gasteiger partial charge in [-0.2, -0.15) is 4.98 Å². The number of H-pyrrole nitrogens is 1. The molecule has 2 saturated carbocycles. The Morgan fingerprint density at radius 2 is 1.32 bits per heavy atom. The Morgan fingerprint density at radius 1 is 0.715 bits per heavy atom. The average Bonchev–Trinajstić information content (AvgIpc) is 0.666. The van der Waals surface area contributed by atoms with E-state index in [1.165, 1.54) is 49.5 Å². The minimum absolute atomic E-state index is 0.000631. The van der Waals surface area contributed by atoms with Crippen molar-refractivity contribution in [2.24, 2.45) is 46.2 Å². The Bertz CT molecular complexity index is 5380. The first-order valence-electron chi connectivity index (χ1n) is 41.6. The van der Waals surface area contributed by atoms with Gasteiger partial charge in [0, 0.05) is 85.2 Å². The van der Waals surface area contributed by atoms with Gasteiger partial charge in [0.2, 0.25) is 17.8 Å². The number of Topliss-reactive ketones (excluding diaryl/α,β-unsaturated/α-hetero) is 3. The highest BCUT2D eigenvalue weighted by molar-refractivity contribution is 8.76. The molecule has 4 amide bonds. The summed E-state index contributed by atoms with van der Waals surface area (Å²) in [6, 6.07) is 24.4. The standard InChI is InChI=1S/C88H103N13O27S2/c1-44-61(125-80(119)46(3)67(48-18-11-8-12-19-48)99-74(111)49-20-13-9-14-21-49)39-88(122)71(127-81(120)51-22-15-10-16-23-51)69-86(7,70(109)45(2)66(44)85(88,5)6)62(38-63-87(69,43-124-63)128-47(4)102)126-84(121)123-32-33-129-130-42-59(79(117)118)98-76(113)53(37-65(107)108)35-60(104)57(24-17-31-92-82(89)90)96-75(112)52(36-64(105)106)34-56(103)29-30-58(78(115)116)97-73(110)50-25-27-54(28-26-50)93-40-55-41-94-72-68(95-55)77(114)101-83(91)100-72/h8-16,18-23,25-28,41,45-46,52-53,57-59,61-63,67,69,71,93,122H,17,24,29-40,42-43H2,1-7H3,(H,96,112)(H,97,110)(H,98,113)(H,99,111)(H,105,106)(H,107,108)(H,115,116)(H,117,118)(H4,89,90,92)(H3,91,94,100,101,114)/t45-,46-,52+,53+,57+,58+,59+,61+,62+,63-,67-,69?,71+,86-,87+,88-/m1/s1. The van der Waals surface area contributed by atoms with Crippen molar-refractivity contribution in [3.63, 3.8) is 0 Å². The number of hydrogen-bond donors (Lipinski definition) is 15. The molecule has 4 aliphatic rings. The van der Waals surface area contributed by atoms with Crippen molar-refractivity contribution in [1.29, 1.82) is 5.41 Å². The van der Waals surface area contributed by atoms with Crippen LogP contribution in [0.15, 0.2) is 137 Å². The van der Waals surface area contributed by atoms with Gasteiger partial charge in [-0.15, -0.1) is 0 Å². The number of hydrogen-bond acceptors (Lipinski definition) is 31. The summed E-state index contributed by atoms with van der Waals surface area (Å²) in [6.07, 6.45) is -12.3. The lowest BCUT2D eigenvalue weighted by Crippen LogP contribution is -2.81. The van der Waals surface area contributed by atoms with Crippen LogP contribution in [0.25, 0.3) is 11.2 Å². The maximum atomic E-state index is 16.4. The van der Waals surface area contributed by atoms with E-state index in [0.717, 1.165) is 28.5 Å². The van der Waals surface area contributed by atoms with Crippen molar-refractivity contribution < 1.29 is 126 Å². The Kier molecular flexibility index (Phi) is 32.9. The van der Waals surface area contributed by atoms with Crippen LogP contribution < -0.4 is 48.9 Å². The fourth-order valence-electron chi connectivity index (χ4n) is 17.3. The number of rotatable bonds is 43. The van der Waals surface area contributed by atoms with E-state index in [1.807, 2.05) is 0 Å². The summed E-state index contributed by atoms with van der Waals surface area (Å²) in [7, 11) is 1.77. The molecule has 1 unspecified atom stereocenters. The number of anilines is 2. The van der Waals surface area contributed by atoms with Crippen molar-refractivity contribution in [1.82, 2.24) is 46.5 Å². The smallest absolute Gasteiger partial charge is 0.481 e. The summed E-state index contributed by atoms with van der Waals surface area (Å²) in [5.74, 6) is -24.1. The quantitative estimate of drug-likeness (QED) is 0.00424. The zero-order valence-electron chi connectivity index (χ0n) is 71.9. The van der Waals surface area contributed by atoms with Gasteiger partial charge in [0.15, 0.2) is 28.5 Å². The lowest BCUT2D eigenvalue weighted by atomic mass is 9.43. The molecule has 6 aromatic rings. The predicted octanol–water partition coefficient (Wildman–Crippen LogP) is 5.56. The normalized spacial score (nSPS) is 22.2. The van der Waals surface area contributed by atoms with Gasteiger partial charge in [-0.05, 0) is 105 Å². The second-order valence-corrected chi connectivity index (χ2v) is 35.6. The Labute approximate surface area is 751 Å². The molecule has 17 N–H and O–H groups in total. The molecule has 1 aliphatic heterocycles. The SMILES string of the molecule is CC(=O)O[C@@]12CO[C@@H]1C[C@H](OC(=O)OCCSSC[C@H](NC(=O)[C@H](CC(=O)O)CC(=O)[C@H](CCCNC(=N)N)NC(=O)[C@H](CC(=O)O)CC(=O)CC[C@H](NC(=O)c1ccc(NCc3cnc4nc(N)[nH]c(=O)c4n3)cc1)C(=O)O)C(=O)O)[C@@]1(C)C(=O)[C@H](C)C3=C(C)[C@@H](OC(=O)[C@H](C)[C@@H](NC(=O)c4ccccc4)c4ccccc4)C[C@@](O)([C@@H](OC(=O)c4ccccc4)C12)C3(C)C. The molecule has 0 radical (unpaired) electrons. The number of aliphatic hydroxyl groups is 1. The van der Waals surface area contributed by atoms with Crippen LogP contribution in [-0.4, -0.2) is 225 Å². The number of aromatic amines is 1. The second kappa shape index (κ2) is 43.3. The molecule has 694 valence electrons. The molecular weight excluding hydrogens is 1740 g/mol. The van der Waals surface area contributed by atoms with Gasteiger partial charge in [-0.3, -0.25) is 67.9 Å². The Morgan fingerprint density at radius 3 is 1.92 bits per heavy atom. The van der Waals surface area contributed by atoms with Crippen LogP contribution >= 0.6 is 21.6 Å². The van der Waals surface area contributed by atoms with E-state index in [0.29, 0.717) is 28.1 Å². The van der Waals surface area contributed by atoms with Gasteiger partial charge in [-0.1, -0.05) is 109 Å². The number of carbonyl (C=O) groups excluding carboxylic acids is 11. The van der Waals surface area contributed by atoms with Crippen LogP contribution in [0, 0.1) is 45.8 Å². The van der Waals surface area contributed by atoms with E-state index in [-0.39, 0.29) is 71.9 Å². The Hall–Kier alpha value is -13.2. The van der Waals surface area contributed by atoms with E-state index in [1.54, 1.807) is 113 Å². The van der Waals surface area contributed by atoms with E-state index in [9.17, 15) is 97.5 Å². The molecule has 0 spiro atoms. The number of nitrogens with one attached hydrogen (secondary N) is 8. The average molecular weight is 1840 g/mol. The van der Waals surface area contributed by atoms with Gasteiger partial charge in [0.1, 0.15) is 60.3 Å². The number of amides is 4. The first-order valence-corrected chi connectivity index (χ1v) is 44.1. The largest absolute Gasteiger partial charge is 0.508 e. The lowest BCUT2D eigenvalue weighted by molar-refractivity contribution is -0.345. The number of aromatic nitrogens is 4. The number of esters is 3. The predicted molar refractivity (Wildman–Crippen MR) is 465 cm³/mol. The van der Waals surface area contributed by atoms with Gasteiger partial charge in [-0.25, -0.2) is 29.1 Å². The third-order valence-corrected chi connectivity index (χ3v) is 26.4. The summed E-state index contributed by atoms with van der Waals surface area (Å²) in [5, 5.41) is 77.6. The molecule has 2 aromatic heterocycles. The van der Waals surface area contributed by atoms with E-state index >= 15 is 4.79 Å². The highest BCUT2D eigenvalue weighted by Crippen LogP contribution is 2.66. The number of ketones is 3. The van der Waals surface area contributed by atoms with Crippen LogP contribution in [0.4, 0.5) is 16.4 Å². The highest BCUT2D eigenvalue weighted by Gasteiger charge is 2.78. The summed E-state index contributed by atoms with van der Waals surface area (Å²) in [4.78, 5) is 234. The number of ether oxygens (including phenoxy) is 6. The maximum absolute atomic E-state index is 16.4. The molecule has 3 heterocycles. The van der Waals surface area contributed by atoms with E-state index in [2.05, 4.69) is 51.8 Å². The minimum atomic E-state index is -2.39. The number of nitrogen functional groups attached to an aromatic ring is 1. The first kappa shape index (κ1) is 98.9. The fourth-order valence-corrected chi connectivity index (χ4v) is 19.3. The van der Waals surface area contributed by atoms with Crippen LogP contribution in [0.5, 0.6) is 0 Å². The summed E-state index contributed by atoms with van der Waals surface area (Å²) in [6.45, 7) is 9.78. The molecule has 2 bridgehead atoms. The molecule has 130 heavy (non-hydrogen) atoms. The monoisotopic (exact) mass is 1840 g/mol.